The van der Waals surface area contributed by atoms with Crippen LogP contribution in [0, 0.1) is 0 Å². The fraction of sp³-hybridized carbons (Fsp3) is 0.600. The number of carbonyl (C=O) groups is 2. The molecule has 0 spiro atoms. The lowest BCUT2D eigenvalue weighted by Gasteiger charge is -2.29. The van der Waals surface area contributed by atoms with Gasteiger partial charge in [-0.3, -0.25) is 10.1 Å². The summed E-state index contributed by atoms with van der Waals surface area (Å²) in [6, 6.07) is 7.16. The van der Waals surface area contributed by atoms with Crippen LogP contribution >= 0.6 is 0 Å². The Morgan fingerprint density at radius 2 is 1.92 bits per heavy atom. The van der Waals surface area contributed by atoms with E-state index in [-0.39, 0.29) is 11.9 Å². The summed E-state index contributed by atoms with van der Waals surface area (Å²) in [6.45, 7) is 11.1. The lowest BCUT2D eigenvalue weighted by molar-refractivity contribution is -0.905. The molecule has 0 saturated carbocycles. The monoisotopic (exact) mass is 362 g/mol. The van der Waals surface area contributed by atoms with Gasteiger partial charge in [0.25, 0.3) is 5.91 Å². The lowest BCUT2D eigenvalue weighted by atomic mass is 10.0. The molecule has 0 unspecified atom stereocenters. The van der Waals surface area contributed by atoms with Gasteiger partial charge in [-0.05, 0) is 45.4 Å². The Hall–Kier alpha value is -2.08. The van der Waals surface area contributed by atoms with Crippen molar-refractivity contribution in [2.75, 3.05) is 25.0 Å². The Bertz CT molecular complexity index is 617. The summed E-state index contributed by atoms with van der Waals surface area (Å²) in [5.41, 5.74) is 0.532. The van der Waals surface area contributed by atoms with Crippen molar-refractivity contribution in [2.45, 2.75) is 58.6 Å². The summed E-state index contributed by atoms with van der Waals surface area (Å²) < 4.78 is 5.24. The molecule has 3 N–H and O–H groups in total. The highest BCUT2D eigenvalue weighted by Gasteiger charge is 2.23. The molecule has 26 heavy (non-hydrogen) atoms. The first-order valence-electron chi connectivity index (χ1n) is 9.51. The molecule has 2 rings (SSSR count). The molecule has 0 bridgehead atoms. The number of rotatable bonds is 5. The molecule has 1 aromatic rings. The number of ether oxygens (including phenoxy) is 1. The van der Waals surface area contributed by atoms with Crippen LogP contribution in [-0.2, 0) is 4.74 Å². The minimum absolute atomic E-state index is 0.0956. The molecule has 0 radical (unpaired) electrons. The molecule has 6 heteroatoms. The molecule has 1 aromatic carbocycles. The van der Waals surface area contributed by atoms with Gasteiger partial charge in [-0.25, -0.2) is 4.79 Å². The number of benzene rings is 1. The van der Waals surface area contributed by atoms with Crippen molar-refractivity contribution in [1.29, 1.82) is 0 Å². The molecule has 2 amide bonds. The second-order valence-corrected chi connectivity index (χ2v) is 7.96. The van der Waals surface area contributed by atoms with Gasteiger partial charge >= 0.3 is 6.09 Å². The van der Waals surface area contributed by atoms with Crippen LogP contribution in [0.25, 0.3) is 0 Å². The number of amides is 2. The van der Waals surface area contributed by atoms with Gasteiger partial charge in [-0.15, -0.1) is 0 Å². The van der Waals surface area contributed by atoms with Gasteiger partial charge in [0.05, 0.1) is 19.6 Å². The van der Waals surface area contributed by atoms with E-state index in [9.17, 15) is 9.59 Å². The third-order valence-corrected chi connectivity index (χ3v) is 4.40. The summed E-state index contributed by atoms with van der Waals surface area (Å²) in [5.74, 6) is -0.0956. The fourth-order valence-electron chi connectivity index (χ4n) is 3.20. The summed E-state index contributed by atoms with van der Waals surface area (Å²) in [7, 11) is 0. The Morgan fingerprint density at radius 3 is 2.54 bits per heavy atom. The Kier molecular flexibility index (Phi) is 7.03. The maximum absolute atomic E-state index is 12.5. The van der Waals surface area contributed by atoms with Gasteiger partial charge in [0, 0.05) is 30.1 Å². The number of piperidine rings is 1. The average molecular weight is 362 g/mol. The summed E-state index contributed by atoms with van der Waals surface area (Å²) in [4.78, 5) is 26.0. The van der Waals surface area contributed by atoms with E-state index in [1.54, 1.807) is 29.2 Å². The second kappa shape index (κ2) is 9.03. The largest absolute Gasteiger partial charge is 0.444 e. The number of quaternary nitrogens is 1. The number of hydrogen-bond acceptors (Lipinski definition) is 3. The zero-order chi connectivity index (χ0) is 19.2. The van der Waals surface area contributed by atoms with E-state index in [0.717, 1.165) is 25.9 Å². The maximum Gasteiger partial charge on any atom is 0.412 e. The summed E-state index contributed by atoms with van der Waals surface area (Å²) in [6.07, 6.45) is 2.69. The molecule has 1 fully saturated rings. The van der Waals surface area contributed by atoms with E-state index < -0.39 is 11.7 Å². The SMILES string of the molecule is CCC[NH+]1CCC(NC(=O)c2cccc(NC(=O)OC(C)(C)C)c2)CC1. The van der Waals surface area contributed by atoms with Crippen molar-refractivity contribution in [3.63, 3.8) is 0 Å². The second-order valence-electron chi connectivity index (χ2n) is 7.96. The number of likely N-dealkylation sites (tertiary alicyclic amines) is 1. The molecule has 1 heterocycles. The van der Waals surface area contributed by atoms with Crippen molar-refractivity contribution >= 4 is 17.7 Å². The molecule has 1 aliphatic heterocycles. The van der Waals surface area contributed by atoms with Crippen LogP contribution in [0.4, 0.5) is 10.5 Å². The molecular weight excluding hydrogens is 330 g/mol. The quantitative estimate of drug-likeness (QED) is 0.752. The fourth-order valence-corrected chi connectivity index (χ4v) is 3.20. The predicted molar refractivity (Wildman–Crippen MR) is 103 cm³/mol. The Labute approximate surface area is 156 Å². The van der Waals surface area contributed by atoms with Crippen molar-refractivity contribution < 1.29 is 19.2 Å². The summed E-state index contributed by atoms with van der Waals surface area (Å²) >= 11 is 0. The number of carbonyl (C=O) groups excluding carboxylic acids is 2. The topological polar surface area (TPSA) is 71.9 Å². The minimum atomic E-state index is -0.562. The van der Waals surface area contributed by atoms with Crippen LogP contribution in [0.1, 0.15) is 57.3 Å². The molecule has 144 valence electrons. The van der Waals surface area contributed by atoms with E-state index in [1.807, 2.05) is 20.8 Å². The molecular formula is C20H32N3O3+. The van der Waals surface area contributed by atoms with Crippen LogP contribution in [-0.4, -0.2) is 43.3 Å². The lowest BCUT2D eigenvalue weighted by Crippen LogP contribution is -3.13. The Balaban J connectivity index is 1.89. The smallest absolute Gasteiger partial charge is 0.412 e. The van der Waals surface area contributed by atoms with Crippen LogP contribution in [0.2, 0.25) is 0 Å². The van der Waals surface area contributed by atoms with Gasteiger partial charge in [0.2, 0.25) is 0 Å². The molecule has 6 nitrogen and oxygen atoms in total. The first-order valence-corrected chi connectivity index (χ1v) is 9.51. The van der Waals surface area contributed by atoms with Gasteiger partial charge in [0.15, 0.2) is 0 Å². The average Bonchev–Trinajstić information content (AvgIpc) is 2.55. The molecule has 1 aliphatic rings. The van der Waals surface area contributed by atoms with Crippen molar-refractivity contribution in [3.8, 4) is 0 Å². The minimum Gasteiger partial charge on any atom is -0.444 e. The van der Waals surface area contributed by atoms with Crippen LogP contribution in [0.5, 0.6) is 0 Å². The van der Waals surface area contributed by atoms with Gasteiger partial charge < -0.3 is 15.0 Å². The van der Waals surface area contributed by atoms with E-state index in [1.165, 1.54) is 13.0 Å². The van der Waals surface area contributed by atoms with Crippen LogP contribution < -0.4 is 15.5 Å². The van der Waals surface area contributed by atoms with Crippen molar-refractivity contribution in [1.82, 2.24) is 5.32 Å². The van der Waals surface area contributed by atoms with Crippen LogP contribution in [0.3, 0.4) is 0 Å². The molecule has 1 saturated heterocycles. The summed E-state index contributed by atoms with van der Waals surface area (Å²) in [5, 5.41) is 5.79. The van der Waals surface area contributed by atoms with Gasteiger partial charge in [0.1, 0.15) is 5.60 Å². The Morgan fingerprint density at radius 1 is 1.23 bits per heavy atom. The number of nitrogens with one attached hydrogen (secondary N) is 3. The van der Waals surface area contributed by atoms with Gasteiger partial charge in [-0.1, -0.05) is 13.0 Å². The highest BCUT2D eigenvalue weighted by atomic mass is 16.6. The third kappa shape index (κ3) is 6.67. The standard InChI is InChI=1S/C20H31N3O3/c1-5-11-23-12-9-16(10-13-23)21-18(24)15-7-6-8-17(14-15)22-19(25)26-20(2,3)4/h6-8,14,16H,5,9-13H2,1-4H3,(H,21,24)(H,22,25)/p+1. The molecule has 0 atom stereocenters. The third-order valence-electron chi connectivity index (χ3n) is 4.40. The molecule has 0 aliphatic carbocycles. The zero-order valence-corrected chi connectivity index (χ0v) is 16.4. The highest BCUT2D eigenvalue weighted by molar-refractivity contribution is 5.96. The highest BCUT2D eigenvalue weighted by Crippen LogP contribution is 2.14. The van der Waals surface area contributed by atoms with E-state index in [2.05, 4.69) is 17.6 Å². The van der Waals surface area contributed by atoms with E-state index >= 15 is 0 Å². The normalized spacial score (nSPS) is 20.3. The maximum atomic E-state index is 12.5. The predicted octanol–water partition coefficient (Wildman–Crippen LogP) is 2.22. The van der Waals surface area contributed by atoms with Crippen LogP contribution in [0.15, 0.2) is 24.3 Å². The number of anilines is 1. The van der Waals surface area contributed by atoms with E-state index in [0.29, 0.717) is 11.3 Å². The first-order chi connectivity index (χ1) is 12.3. The van der Waals surface area contributed by atoms with Crippen molar-refractivity contribution in [2.24, 2.45) is 0 Å². The number of hydrogen-bond donors (Lipinski definition) is 3. The van der Waals surface area contributed by atoms with Crippen molar-refractivity contribution in [3.05, 3.63) is 29.8 Å². The van der Waals surface area contributed by atoms with Gasteiger partial charge in [-0.2, -0.15) is 0 Å². The molecule has 0 aromatic heterocycles. The van der Waals surface area contributed by atoms with E-state index in [4.69, 9.17) is 4.74 Å². The first kappa shape index (κ1) is 20.2. The zero-order valence-electron chi connectivity index (χ0n) is 16.4.